The lowest BCUT2D eigenvalue weighted by Gasteiger charge is -2.38. The van der Waals surface area contributed by atoms with E-state index < -0.39 is 5.91 Å². The minimum Gasteiger partial charge on any atom is -0.368 e. The topological polar surface area (TPSA) is 103 Å². The number of anilines is 1. The number of piperazine rings is 1. The van der Waals surface area contributed by atoms with E-state index in [-0.39, 0.29) is 36.4 Å². The van der Waals surface area contributed by atoms with Crippen molar-refractivity contribution in [1.82, 2.24) is 15.5 Å². The van der Waals surface area contributed by atoms with Crippen LogP contribution in [0.4, 0.5) is 5.69 Å². The van der Waals surface area contributed by atoms with E-state index in [4.69, 9.17) is 17.3 Å². The first-order chi connectivity index (χ1) is 15.0. The summed E-state index contributed by atoms with van der Waals surface area (Å²) in [4.78, 5) is 31.6. The molecule has 32 heavy (non-hydrogen) atoms. The normalized spacial score (nSPS) is 13.9. The Bertz CT molecular complexity index is 946. The van der Waals surface area contributed by atoms with Crippen LogP contribution in [0.25, 0.3) is 0 Å². The van der Waals surface area contributed by atoms with Crippen molar-refractivity contribution in [3.8, 4) is 0 Å². The van der Waals surface area contributed by atoms with Gasteiger partial charge in [-0.05, 0) is 29.8 Å². The molecule has 1 saturated heterocycles. The van der Waals surface area contributed by atoms with E-state index in [0.717, 1.165) is 48.4 Å². The van der Waals surface area contributed by atoms with E-state index in [9.17, 15) is 9.59 Å². The van der Waals surface area contributed by atoms with Gasteiger partial charge in [-0.15, -0.1) is 24.0 Å². The number of hydrogen-bond donors (Lipinski definition) is 3. The van der Waals surface area contributed by atoms with Crippen molar-refractivity contribution in [2.24, 2.45) is 10.7 Å². The molecule has 0 spiro atoms. The van der Waals surface area contributed by atoms with Crippen molar-refractivity contribution in [3.63, 3.8) is 0 Å². The third-order valence-electron chi connectivity index (χ3n) is 5.07. The SMILES string of the molecule is CN=C(NCc1ccc(C(=O)NCC(N)=O)cc1)N1CCN(c2ccccc2Cl)CC1.I. The van der Waals surface area contributed by atoms with E-state index >= 15 is 0 Å². The molecule has 1 heterocycles. The molecule has 0 saturated carbocycles. The van der Waals surface area contributed by atoms with E-state index in [1.807, 2.05) is 36.4 Å². The minimum atomic E-state index is -0.576. The number of rotatable bonds is 6. The van der Waals surface area contributed by atoms with Gasteiger partial charge in [0.25, 0.3) is 5.91 Å². The number of para-hydroxylation sites is 1. The second-order valence-electron chi connectivity index (χ2n) is 7.17. The monoisotopic (exact) mass is 570 g/mol. The molecule has 0 unspecified atom stereocenters. The lowest BCUT2D eigenvalue weighted by Crippen LogP contribution is -2.52. The van der Waals surface area contributed by atoms with Gasteiger partial charge < -0.3 is 26.2 Å². The van der Waals surface area contributed by atoms with Crippen molar-refractivity contribution in [1.29, 1.82) is 0 Å². The molecule has 1 aliphatic heterocycles. The van der Waals surface area contributed by atoms with E-state index in [1.54, 1.807) is 19.2 Å². The van der Waals surface area contributed by atoms with Crippen LogP contribution in [0, 0.1) is 0 Å². The highest BCUT2D eigenvalue weighted by Gasteiger charge is 2.21. The summed E-state index contributed by atoms with van der Waals surface area (Å²) in [6, 6.07) is 15.1. The molecule has 172 valence electrons. The number of carbonyl (C=O) groups excluding carboxylic acids is 2. The van der Waals surface area contributed by atoms with Crippen LogP contribution in [0.1, 0.15) is 15.9 Å². The van der Waals surface area contributed by atoms with Crippen LogP contribution >= 0.6 is 35.6 Å². The molecule has 1 fully saturated rings. The first kappa shape index (κ1) is 25.7. The molecular formula is C22H28ClIN6O2. The summed E-state index contributed by atoms with van der Waals surface area (Å²) in [7, 11) is 1.77. The van der Waals surface area contributed by atoms with Gasteiger partial charge in [0.1, 0.15) is 0 Å². The van der Waals surface area contributed by atoms with Crippen molar-refractivity contribution >= 4 is 59.0 Å². The Balaban J connectivity index is 0.00000363. The molecule has 1 aliphatic rings. The summed E-state index contributed by atoms with van der Waals surface area (Å²) in [5, 5.41) is 6.62. The zero-order chi connectivity index (χ0) is 22.2. The molecule has 3 rings (SSSR count). The van der Waals surface area contributed by atoms with Crippen molar-refractivity contribution in [2.75, 3.05) is 44.7 Å². The van der Waals surface area contributed by atoms with Gasteiger partial charge in [0.15, 0.2) is 5.96 Å². The number of nitrogens with two attached hydrogens (primary N) is 1. The molecule has 0 aliphatic carbocycles. The Morgan fingerprint density at radius 2 is 1.69 bits per heavy atom. The third kappa shape index (κ3) is 6.99. The molecule has 10 heteroatoms. The maximum Gasteiger partial charge on any atom is 0.251 e. The third-order valence-corrected chi connectivity index (χ3v) is 5.39. The van der Waals surface area contributed by atoms with Crippen LogP contribution < -0.4 is 21.3 Å². The summed E-state index contributed by atoms with van der Waals surface area (Å²) in [6.45, 7) is 3.80. The predicted octanol–water partition coefficient (Wildman–Crippen LogP) is 2.07. The molecule has 2 aromatic rings. The Hall–Kier alpha value is -2.53. The predicted molar refractivity (Wildman–Crippen MR) is 139 cm³/mol. The number of benzene rings is 2. The van der Waals surface area contributed by atoms with E-state index in [1.165, 1.54) is 0 Å². The fourth-order valence-corrected chi connectivity index (χ4v) is 3.68. The maximum atomic E-state index is 12.0. The lowest BCUT2D eigenvalue weighted by molar-refractivity contribution is -0.117. The van der Waals surface area contributed by atoms with Gasteiger partial charge in [-0.3, -0.25) is 14.6 Å². The summed E-state index contributed by atoms with van der Waals surface area (Å²) in [5.41, 5.74) is 7.60. The lowest BCUT2D eigenvalue weighted by atomic mass is 10.1. The van der Waals surface area contributed by atoms with Crippen molar-refractivity contribution < 1.29 is 9.59 Å². The zero-order valence-corrected chi connectivity index (χ0v) is 21.0. The van der Waals surface area contributed by atoms with Crippen LogP contribution in [0.5, 0.6) is 0 Å². The summed E-state index contributed by atoms with van der Waals surface area (Å²) >= 11 is 6.33. The van der Waals surface area contributed by atoms with Crippen LogP contribution in [0.3, 0.4) is 0 Å². The van der Waals surface area contributed by atoms with Gasteiger partial charge in [0.2, 0.25) is 5.91 Å². The van der Waals surface area contributed by atoms with Gasteiger partial charge in [0.05, 0.1) is 17.3 Å². The number of hydrogen-bond acceptors (Lipinski definition) is 4. The summed E-state index contributed by atoms with van der Waals surface area (Å²) in [6.07, 6.45) is 0. The first-order valence-corrected chi connectivity index (χ1v) is 10.5. The van der Waals surface area contributed by atoms with Gasteiger partial charge in [-0.2, -0.15) is 0 Å². The minimum absolute atomic E-state index is 0. The zero-order valence-electron chi connectivity index (χ0n) is 17.9. The fraction of sp³-hybridized carbons (Fsp3) is 0.318. The Labute approximate surface area is 210 Å². The Morgan fingerprint density at radius 1 is 1.03 bits per heavy atom. The standard InChI is InChI=1S/C22H27ClN6O2.HI/c1-25-22(29-12-10-28(11-13-29)19-5-3-2-4-18(19)23)27-14-16-6-8-17(9-7-16)21(31)26-15-20(24)30;/h2-9H,10-15H2,1H3,(H2,24,30)(H,25,27)(H,26,31);1H. The second kappa shape index (κ2) is 12.5. The maximum absolute atomic E-state index is 12.0. The highest BCUT2D eigenvalue weighted by atomic mass is 127. The Kier molecular flexibility index (Phi) is 10.0. The quantitative estimate of drug-likeness (QED) is 0.280. The van der Waals surface area contributed by atoms with Gasteiger partial charge in [-0.25, -0.2) is 0 Å². The van der Waals surface area contributed by atoms with Crippen LogP contribution in [0.2, 0.25) is 5.02 Å². The molecule has 0 bridgehead atoms. The number of nitrogens with zero attached hydrogens (tertiary/aromatic N) is 3. The van der Waals surface area contributed by atoms with Gasteiger partial charge >= 0.3 is 0 Å². The number of nitrogens with one attached hydrogen (secondary N) is 2. The van der Waals surface area contributed by atoms with Crippen LogP contribution in [-0.2, 0) is 11.3 Å². The molecule has 0 aromatic heterocycles. The van der Waals surface area contributed by atoms with E-state index in [2.05, 4.69) is 25.4 Å². The highest BCUT2D eigenvalue weighted by molar-refractivity contribution is 14.0. The van der Waals surface area contributed by atoms with Crippen LogP contribution in [-0.4, -0.2) is 62.4 Å². The molecule has 8 nitrogen and oxygen atoms in total. The van der Waals surface area contributed by atoms with E-state index in [0.29, 0.717) is 12.1 Å². The highest BCUT2D eigenvalue weighted by Crippen LogP contribution is 2.26. The molecule has 2 amide bonds. The van der Waals surface area contributed by atoms with Gasteiger partial charge in [-0.1, -0.05) is 35.9 Å². The molecule has 0 atom stereocenters. The summed E-state index contributed by atoms with van der Waals surface area (Å²) in [5.74, 6) is -0.0687. The number of carbonyl (C=O) groups is 2. The average Bonchev–Trinajstić information content (AvgIpc) is 2.79. The number of aliphatic imine (C=N–C) groups is 1. The largest absolute Gasteiger partial charge is 0.368 e. The first-order valence-electron chi connectivity index (χ1n) is 10.1. The van der Waals surface area contributed by atoms with Crippen molar-refractivity contribution in [2.45, 2.75) is 6.54 Å². The smallest absolute Gasteiger partial charge is 0.251 e. The molecule has 2 aromatic carbocycles. The van der Waals surface area contributed by atoms with Gasteiger partial charge in [0, 0.05) is 45.3 Å². The fourth-order valence-electron chi connectivity index (χ4n) is 3.42. The molecule has 0 radical (unpaired) electrons. The number of guanidine groups is 1. The summed E-state index contributed by atoms with van der Waals surface area (Å²) < 4.78 is 0. The average molecular weight is 571 g/mol. The van der Waals surface area contributed by atoms with Crippen molar-refractivity contribution in [3.05, 3.63) is 64.7 Å². The number of amides is 2. The number of halogens is 2. The number of primary amides is 1. The molecular weight excluding hydrogens is 543 g/mol. The van der Waals surface area contributed by atoms with Crippen LogP contribution in [0.15, 0.2) is 53.5 Å². The molecule has 4 N–H and O–H groups in total. The second-order valence-corrected chi connectivity index (χ2v) is 7.58. The Morgan fingerprint density at radius 3 is 2.28 bits per heavy atom.